The van der Waals surface area contributed by atoms with E-state index in [0.717, 1.165) is 0 Å². The first kappa shape index (κ1) is 13.8. The molecule has 0 saturated heterocycles. The van der Waals surface area contributed by atoms with Gasteiger partial charge in [0.2, 0.25) is 10.0 Å². The van der Waals surface area contributed by atoms with Gasteiger partial charge < -0.3 is 0 Å². The van der Waals surface area contributed by atoms with E-state index in [-0.39, 0.29) is 16.7 Å². The first-order valence-corrected chi connectivity index (χ1v) is 7.03. The van der Waals surface area contributed by atoms with E-state index in [1.54, 1.807) is 14.0 Å². The molecule has 0 aliphatic heterocycles. The van der Waals surface area contributed by atoms with Gasteiger partial charge >= 0.3 is 0 Å². The highest BCUT2D eigenvalue weighted by Gasteiger charge is 2.29. The Labute approximate surface area is 105 Å². The van der Waals surface area contributed by atoms with Crippen molar-refractivity contribution >= 4 is 33.2 Å². The smallest absolute Gasteiger partial charge is 0.244 e. The lowest BCUT2D eigenvalue weighted by molar-refractivity contribution is 0.500. The zero-order valence-electron chi connectivity index (χ0n) is 8.94. The second kappa shape index (κ2) is 4.91. The Balaban J connectivity index is 2.96. The Morgan fingerprint density at radius 1 is 1.50 bits per heavy atom. The molecule has 1 aromatic rings. The maximum absolute atomic E-state index is 11.9. The van der Waals surface area contributed by atoms with Gasteiger partial charge in [-0.2, -0.15) is 5.10 Å². The number of alkyl halides is 2. The Kier molecular flexibility index (Phi) is 4.23. The monoisotopic (exact) mass is 285 g/mol. The summed E-state index contributed by atoms with van der Waals surface area (Å²) in [4.78, 5) is 0.0939. The normalized spacial score (nSPS) is 13.0. The van der Waals surface area contributed by atoms with Gasteiger partial charge in [0.1, 0.15) is 4.90 Å². The lowest BCUT2D eigenvalue weighted by Crippen LogP contribution is -2.48. The number of sulfonamides is 1. The van der Waals surface area contributed by atoms with Crippen molar-refractivity contribution in [3.8, 4) is 0 Å². The van der Waals surface area contributed by atoms with Crippen LogP contribution in [-0.2, 0) is 17.1 Å². The molecule has 0 atom stereocenters. The molecule has 0 bridgehead atoms. The maximum Gasteiger partial charge on any atom is 0.244 e. The Morgan fingerprint density at radius 2 is 2.06 bits per heavy atom. The standard InChI is InChI=1S/C8H13Cl2N3O2S/c1-8(5-9,6-10)12-16(14,15)7-3-11-13(2)4-7/h3-4,12H,5-6H2,1-2H3. The van der Waals surface area contributed by atoms with Crippen molar-refractivity contribution in [2.24, 2.45) is 7.05 Å². The first-order valence-electron chi connectivity index (χ1n) is 4.47. The van der Waals surface area contributed by atoms with Crippen LogP contribution in [0.25, 0.3) is 0 Å². The number of aryl methyl sites for hydroxylation is 1. The molecule has 5 nitrogen and oxygen atoms in total. The van der Waals surface area contributed by atoms with Crippen molar-refractivity contribution in [3.05, 3.63) is 12.4 Å². The van der Waals surface area contributed by atoms with Crippen LogP contribution in [0.15, 0.2) is 17.3 Å². The number of nitrogens with zero attached hydrogens (tertiary/aromatic N) is 2. The van der Waals surface area contributed by atoms with E-state index < -0.39 is 15.6 Å². The van der Waals surface area contributed by atoms with E-state index in [1.165, 1.54) is 17.1 Å². The van der Waals surface area contributed by atoms with Crippen LogP contribution in [0.5, 0.6) is 0 Å². The summed E-state index contributed by atoms with van der Waals surface area (Å²) in [5, 5.41) is 3.80. The van der Waals surface area contributed by atoms with Gasteiger partial charge in [-0.15, -0.1) is 23.2 Å². The molecule has 1 heterocycles. The molecule has 0 radical (unpaired) electrons. The molecule has 0 aliphatic rings. The quantitative estimate of drug-likeness (QED) is 0.819. The predicted molar refractivity (Wildman–Crippen MR) is 63.4 cm³/mol. The fraction of sp³-hybridized carbons (Fsp3) is 0.625. The Bertz CT molecular complexity index is 454. The van der Waals surface area contributed by atoms with Crippen molar-refractivity contribution in [3.63, 3.8) is 0 Å². The number of hydrogen-bond acceptors (Lipinski definition) is 3. The van der Waals surface area contributed by atoms with Gasteiger partial charge in [-0.05, 0) is 6.92 Å². The minimum Gasteiger partial charge on any atom is -0.274 e. The average molecular weight is 286 g/mol. The van der Waals surface area contributed by atoms with E-state index >= 15 is 0 Å². The van der Waals surface area contributed by atoms with Crippen molar-refractivity contribution in [2.75, 3.05) is 11.8 Å². The SMILES string of the molecule is Cn1cc(S(=O)(=O)NC(C)(CCl)CCl)cn1. The van der Waals surface area contributed by atoms with E-state index in [9.17, 15) is 8.42 Å². The van der Waals surface area contributed by atoms with Crippen molar-refractivity contribution in [1.82, 2.24) is 14.5 Å². The van der Waals surface area contributed by atoms with Gasteiger partial charge in [-0.3, -0.25) is 4.68 Å². The Morgan fingerprint density at radius 3 is 2.44 bits per heavy atom. The third-order valence-corrected chi connectivity index (χ3v) is 4.73. The first-order chi connectivity index (χ1) is 7.33. The van der Waals surface area contributed by atoms with Crippen LogP contribution in [0.1, 0.15) is 6.92 Å². The molecule has 0 spiro atoms. The van der Waals surface area contributed by atoms with E-state index in [1.807, 2.05) is 0 Å². The van der Waals surface area contributed by atoms with E-state index in [0.29, 0.717) is 0 Å². The molecule has 0 amide bonds. The molecule has 0 unspecified atom stereocenters. The summed E-state index contributed by atoms with van der Waals surface area (Å²) in [5.74, 6) is 0.186. The number of aromatic nitrogens is 2. The Hall–Kier alpha value is -0.300. The molecule has 92 valence electrons. The van der Waals surface area contributed by atoms with Crippen molar-refractivity contribution in [2.45, 2.75) is 17.4 Å². The second-order valence-electron chi connectivity index (χ2n) is 3.78. The van der Waals surface area contributed by atoms with Crippen molar-refractivity contribution in [1.29, 1.82) is 0 Å². The molecule has 0 aromatic carbocycles. The number of hydrogen-bond donors (Lipinski definition) is 1. The summed E-state index contributed by atoms with van der Waals surface area (Å²) in [7, 11) is -1.98. The molecular formula is C8H13Cl2N3O2S. The van der Waals surface area contributed by atoms with Gasteiger partial charge in [-0.1, -0.05) is 0 Å². The number of nitrogens with one attached hydrogen (secondary N) is 1. The van der Waals surface area contributed by atoms with E-state index in [4.69, 9.17) is 23.2 Å². The molecule has 8 heteroatoms. The molecule has 0 aliphatic carbocycles. The lowest BCUT2D eigenvalue weighted by atomic mass is 10.1. The number of rotatable bonds is 5. The highest BCUT2D eigenvalue weighted by molar-refractivity contribution is 7.89. The van der Waals surface area contributed by atoms with E-state index in [2.05, 4.69) is 9.82 Å². The summed E-state index contributed by atoms with van der Waals surface area (Å²) in [6.45, 7) is 1.64. The van der Waals surface area contributed by atoms with Crippen LogP contribution < -0.4 is 4.72 Å². The molecule has 0 saturated carbocycles. The van der Waals surface area contributed by atoms with Gasteiger partial charge in [0, 0.05) is 25.0 Å². The molecular weight excluding hydrogens is 273 g/mol. The predicted octanol–water partition coefficient (Wildman–Crippen LogP) is 0.935. The van der Waals surface area contributed by atoms with Crippen LogP contribution in [0.3, 0.4) is 0 Å². The summed E-state index contributed by atoms with van der Waals surface area (Å²) >= 11 is 11.4. The zero-order valence-corrected chi connectivity index (χ0v) is 11.3. The third-order valence-electron chi connectivity index (χ3n) is 1.96. The fourth-order valence-electron chi connectivity index (χ4n) is 1.01. The van der Waals surface area contributed by atoms with Gasteiger partial charge in [0.05, 0.1) is 11.7 Å². The summed E-state index contributed by atoms with van der Waals surface area (Å²) in [6.07, 6.45) is 2.68. The van der Waals surface area contributed by atoms with Crippen LogP contribution >= 0.6 is 23.2 Å². The minimum absolute atomic E-state index is 0.0932. The van der Waals surface area contributed by atoms with Crippen LogP contribution in [0.4, 0.5) is 0 Å². The largest absolute Gasteiger partial charge is 0.274 e. The van der Waals surface area contributed by atoms with Gasteiger partial charge in [-0.25, -0.2) is 13.1 Å². The number of halogens is 2. The third kappa shape index (κ3) is 3.10. The summed E-state index contributed by atoms with van der Waals surface area (Å²) in [6, 6.07) is 0. The van der Waals surface area contributed by atoms with Crippen LogP contribution in [0, 0.1) is 0 Å². The van der Waals surface area contributed by atoms with Gasteiger partial charge in [0.25, 0.3) is 0 Å². The summed E-state index contributed by atoms with van der Waals surface area (Å²) < 4.78 is 27.7. The fourth-order valence-corrected chi connectivity index (χ4v) is 2.98. The van der Waals surface area contributed by atoms with Crippen LogP contribution in [-0.4, -0.2) is 35.5 Å². The maximum atomic E-state index is 11.9. The topological polar surface area (TPSA) is 64.0 Å². The van der Waals surface area contributed by atoms with Gasteiger partial charge in [0.15, 0.2) is 0 Å². The molecule has 1 N–H and O–H groups in total. The lowest BCUT2D eigenvalue weighted by Gasteiger charge is -2.24. The zero-order chi connectivity index (χ0) is 12.4. The molecule has 0 fully saturated rings. The minimum atomic E-state index is -3.62. The molecule has 1 rings (SSSR count). The summed E-state index contributed by atoms with van der Waals surface area (Å²) in [5.41, 5.74) is -0.863. The van der Waals surface area contributed by atoms with Crippen molar-refractivity contribution < 1.29 is 8.42 Å². The van der Waals surface area contributed by atoms with Crippen LogP contribution in [0.2, 0.25) is 0 Å². The molecule has 16 heavy (non-hydrogen) atoms. The average Bonchev–Trinajstić information content (AvgIpc) is 2.65. The highest BCUT2D eigenvalue weighted by Crippen LogP contribution is 2.15. The second-order valence-corrected chi connectivity index (χ2v) is 6.00. The highest BCUT2D eigenvalue weighted by atomic mass is 35.5. The molecule has 1 aromatic heterocycles.